The van der Waals surface area contributed by atoms with E-state index in [2.05, 4.69) is 10.5 Å². The second kappa shape index (κ2) is 7.06. The van der Waals surface area contributed by atoms with Gasteiger partial charge in [0, 0.05) is 18.6 Å². The molecule has 0 atom stereocenters. The van der Waals surface area contributed by atoms with Crippen LogP contribution in [0.1, 0.15) is 39.5 Å². The van der Waals surface area contributed by atoms with Gasteiger partial charge in [-0.2, -0.15) is 5.10 Å². The Kier molecular flexibility index (Phi) is 6.36. The van der Waals surface area contributed by atoms with Crippen LogP contribution in [0.3, 0.4) is 0 Å². The van der Waals surface area contributed by atoms with Gasteiger partial charge in [-0.1, -0.05) is 0 Å². The van der Waals surface area contributed by atoms with Crippen LogP contribution in [-0.2, 0) is 9.59 Å². The molecule has 2 N–H and O–H groups in total. The molecule has 0 rings (SSSR count). The monoisotopic (exact) mass is 200 g/mol. The number of amides is 1. The molecule has 0 bridgehead atoms. The molecule has 0 fully saturated rings. The molecule has 5 heteroatoms. The maximum Gasteiger partial charge on any atom is 0.303 e. The van der Waals surface area contributed by atoms with Crippen molar-refractivity contribution in [1.29, 1.82) is 0 Å². The number of carboxylic acids is 1. The molecular weight excluding hydrogens is 184 g/mol. The molecule has 0 radical (unpaired) electrons. The van der Waals surface area contributed by atoms with E-state index < -0.39 is 5.97 Å². The number of nitrogens with one attached hydrogen (secondary N) is 1. The first kappa shape index (κ1) is 12.6. The summed E-state index contributed by atoms with van der Waals surface area (Å²) >= 11 is 0. The molecule has 0 saturated carbocycles. The number of carbonyl (C=O) groups is 2. The van der Waals surface area contributed by atoms with Crippen molar-refractivity contribution in [3.8, 4) is 0 Å². The van der Waals surface area contributed by atoms with Crippen molar-refractivity contribution in [1.82, 2.24) is 5.43 Å². The molecule has 0 saturated heterocycles. The van der Waals surface area contributed by atoms with Crippen LogP contribution in [0.5, 0.6) is 0 Å². The quantitative estimate of drug-likeness (QED) is 0.383. The Labute approximate surface area is 83.2 Å². The average Bonchev–Trinajstić information content (AvgIpc) is 2.08. The minimum Gasteiger partial charge on any atom is -0.481 e. The molecule has 5 nitrogen and oxygen atoms in total. The van der Waals surface area contributed by atoms with Gasteiger partial charge in [-0.15, -0.1) is 0 Å². The highest BCUT2D eigenvalue weighted by molar-refractivity contribution is 5.82. The molecule has 0 spiro atoms. The second-order valence-electron chi connectivity index (χ2n) is 3.19. The third kappa shape index (κ3) is 8.70. The zero-order chi connectivity index (χ0) is 11.0. The van der Waals surface area contributed by atoms with Crippen molar-refractivity contribution < 1.29 is 14.7 Å². The lowest BCUT2D eigenvalue weighted by molar-refractivity contribution is -0.137. The van der Waals surface area contributed by atoms with E-state index in [0.717, 1.165) is 5.71 Å². The van der Waals surface area contributed by atoms with Crippen LogP contribution in [0, 0.1) is 0 Å². The summed E-state index contributed by atoms with van der Waals surface area (Å²) < 4.78 is 0. The third-order valence-electron chi connectivity index (χ3n) is 1.45. The van der Waals surface area contributed by atoms with Gasteiger partial charge in [-0.05, 0) is 26.7 Å². The first-order chi connectivity index (χ1) is 6.52. The van der Waals surface area contributed by atoms with E-state index in [-0.39, 0.29) is 12.3 Å². The number of hydrazone groups is 1. The standard InChI is InChI=1S/C9H16N2O3/c1-7(2)10-11-8(12)5-3-4-6-9(13)14/h3-6H2,1-2H3,(H,11,12)(H,13,14). The van der Waals surface area contributed by atoms with Crippen molar-refractivity contribution in [2.24, 2.45) is 5.10 Å². The number of nitrogens with zero attached hydrogens (tertiary/aromatic N) is 1. The maximum absolute atomic E-state index is 11.0. The number of aliphatic carboxylic acids is 1. The molecule has 0 aromatic heterocycles. The number of hydrogen-bond acceptors (Lipinski definition) is 3. The van der Waals surface area contributed by atoms with Crippen molar-refractivity contribution in [3.63, 3.8) is 0 Å². The predicted octanol–water partition coefficient (Wildman–Crippen LogP) is 1.14. The largest absolute Gasteiger partial charge is 0.481 e. The van der Waals surface area contributed by atoms with Crippen LogP contribution in [0.25, 0.3) is 0 Å². The Morgan fingerprint density at radius 1 is 1.21 bits per heavy atom. The van der Waals surface area contributed by atoms with Gasteiger partial charge in [0.15, 0.2) is 0 Å². The van der Waals surface area contributed by atoms with Crippen molar-refractivity contribution >= 4 is 17.6 Å². The van der Waals surface area contributed by atoms with Crippen molar-refractivity contribution in [3.05, 3.63) is 0 Å². The fourth-order valence-electron chi connectivity index (χ4n) is 0.792. The first-order valence-corrected chi connectivity index (χ1v) is 4.54. The van der Waals surface area contributed by atoms with Crippen molar-refractivity contribution in [2.45, 2.75) is 39.5 Å². The van der Waals surface area contributed by atoms with Crippen LogP contribution in [0.2, 0.25) is 0 Å². The van der Waals surface area contributed by atoms with Gasteiger partial charge in [0.2, 0.25) is 5.91 Å². The number of unbranched alkanes of at least 4 members (excludes halogenated alkanes) is 1. The fraction of sp³-hybridized carbons (Fsp3) is 0.667. The van der Waals surface area contributed by atoms with Crippen LogP contribution >= 0.6 is 0 Å². The van der Waals surface area contributed by atoms with E-state index in [9.17, 15) is 9.59 Å². The van der Waals surface area contributed by atoms with Gasteiger partial charge in [0.1, 0.15) is 0 Å². The predicted molar refractivity (Wildman–Crippen MR) is 53.0 cm³/mol. The molecular formula is C9H16N2O3. The summed E-state index contributed by atoms with van der Waals surface area (Å²) in [6.45, 7) is 3.56. The minimum atomic E-state index is -0.826. The Morgan fingerprint density at radius 3 is 2.29 bits per heavy atom. The number of hydrogen-bond donors (Lipinski definition) is 2. The first-order valence-electron chi connectivity index (χ1n) is 4.54. The molecule has 0 heterocycles. The Bertz CT molecular complexity index is 232. The van der Waals surface area contributed by atoms with Gasteiger partial charge in [-0.25, -0.2) is 5.43 Å². The van der Waals surface area contributed by atoms with E-state index in [0.29, 0.717) is 19.3 Å². The molecule has 1 amide bonds. The van der Waals surface area contributed by atoms with E-state index in [1.165, 1.54) is 0 Å². The fourth-order valence-corrected chi connectivity index (χ4v) is 0.792. The van der Waals surface area contributed by atoms with Crippen LogP contribution < -0.4 is 5.43 Å². The van der Waals surface area contributed by atoms with Gasteiger partial charge in [0.05, 0.1) is 0 Å². The molecule has 0 aromatic rings. The highest BCUT2D eigenvalue weighted by atomic mass is 16.4. The van der Waals surface area contributed by atoms with E-state index >= 15 is 0 Å². The summed E-state index contributed by atoms with van der Waals surface area (Å²) in [7, 11) is 0. The lowest BCUT2D eigenvalue weighted by Crippen LogP contribution is -2.17. The summed E-state index contributed by atoms with van der Waals surface area (Å²) in [5, 5.41) is 12.1. The minimum absolute atomic E-state index is 0.114. The number of carbonyl (C=O) groups excluding carboxylic acids is 1. The Hall–Kier alpha value is -1.39. The second-order valence-corrected chi connectivity index (χ2v) is 3.19. The van der Waals surface area contributed by atoms with E-state index in [1.807, 2.05) is 0 Å². The van der Waals surface area contributed by atoms with E-state index in [4.69, 9.17) is 5.11 Å². The number of carboxylic acid groups (broad SMARTS) is 1. The summed E-state index contributed by atoms with van der Waals surface area (Å²) in [5.41, 5.74) is 3.15. The zero-order valence-electron chi connectivity index (χ0n) is 8.54. The highest BCUT2D eigenvalue weighted by Gasteiger charge is 2.01. The van der Waals surface area contributed by atoms with Crippen LogP contribution in [-0.4, -0.2) is 22.7 Å². The smallest absolute Gasteiger partial charge is 0.303 e. The highest BCUT2D eigenvalue weighted by Crippen LogP contribution is 1.99. The zero-order valence-corrected chi connectivity index (χ0v) is 8.54. The van der Waals surface area contributed by atoms with Gasteiger partial charge >= 0.3 is 5.97 Å². The molecule has 0 aliphatic carbocycles. The summed E-state index contributed by atoms with van der Waals surface area (Å²) in [4.78, 5) is 21.2. The molecule has 0 aromatic carbocycles. The SMILES string of the molecule is CC(C)=NNC(=O)CCCCC(=O)O. The normalized spacial score (nSPS) is 9.29. The van der Waals surface area contributed by atoms with Gasteiger partial charge in [-0.3, -0.25) is 9.59 Å². The molecule has 14 heavy (non-hydrogen) atoms. The average molecular weight is 200 g/mol. The molecule has 0 aliphatic rings. The molecule has 80 valence electrons. The van der Waals surface area contributed by atoms with Gasteiger partial charge in [0.25, 0.3) is 0 Å². The lowest BCUT2D eigenvalue weighted by atomic mass is 10.2. The third-order valence-corrected chi connectivity index (χ3v) is 1.45. The van der Waals surface area contributed by atoms with Crippen molar-refractivity contribution in [2.75, 3.05) is 0 Å². The molecule has 0 aliphatic heterocycles. The van der Waals surface area contributed by atoms with Crippen LogP contribution in [0.15, 0.2) is 5.10 Å². The van der Waals surface area contributed by atoms with Gasteiger partial charge < -0.3 is 5.11 Å². The molecule has 0 unspecified atom stereocenters. The maximum atomic E-state index is 11.0. The summed E-state index contributed by atoms with van der Waals surface area (Å²) in [5.74, 6) is -0.996. The van der Waals surface area contributed by atoms with Crippen LogP contribution in [0.4, 0.5) is 0 Å². The summed E-state index contributed by atoms with van der Waals surface area (Å²) in [6, 6.07) is 0. The van der Waals surface area contributed by atoms with E-state index in [1.54, 1.807) is 13.8 Å². The Balaban J connectivity index is 3.45. The summed E-state index contributed by atoms with van der Waals surface area (Å²) in [6.07, 6.45) is 1.54. The Morgan fingerprint density at radius 2 is 1.79 bits per heavy atom. The number of rotatable bonds is 6. The topological polar surface area (TPSA) is 78.8 Å². The lowest BCUT2D eigenvalue weighted by Gasteiger charge is -1.99.